The predicted molar refractivity (Wildman–Crippen MR) is 90.0 cm³/mol. The van der Waals surface area contributed by atoms with E-state index in [0.29, 0.717) is 17.1 Å². The van der Waals surface area contributed by atoms with E-state index in [4.69, 9.17) is 4.74 Å². The molecule has 3 rings (SSSR count). The minimum atomic E-state index is -0.551. The van der Waals surface area contributed by atoms with E-state index in [-0.39, 0.29) is 11.6 Å². The first-order valence-electron chi connectivity index (χ1n) is 7.39. The highest BCUT2D eigenvalue weighted by molar-refractivity contribution is 5.91. The molecule has 9 heteroatoms. The van der Waals surface area contributed by atoms with Crippen LogP contribution in [0.3, 0.4) is 0 Å². The standard InChI is InChI=1S/C16H16N6O3/c1-9-6-10(2)22-16(18-9)19-14(21-22)15(24)20-17-8-11-4-5-12(23)13(7-11)25-3/h4-8,23H,1-3H3,(H,20,24). The molecule has 1 aromatic carbocycles. The SMILES string of the molecule is COc1cc(C=NNC(=O)c2nc3nc(C)cc(C)n3n2)ccc1O. The number of rotatable bonds is 4. The van der Waals surface area contributed by atoms with Crippen molar-refractivity contribution in [3.63, 3.8) is 0 Å². The normalized spacial score (nSPS) is 11.2. The first kappa shape index (κ1) is 16.4. The number of phenols is 1. The Labute approximate surface area is 143 Å². The number of benzene rings is 1. The Kier molecular flexibility index (Phi) is 4.29. The Bertz CT molecular complexity index is 979. The summed E-state index contributed by atoms with van der Waals surface area (Å²) in [6.45, 7) is 3.70. The van der Waals surface area contributed by atoms with Gasteiger partial charge in [-0.05, 0) is 43.7 Å². The topological polar surface area (TPSA) is 114 Å². The third-order valence-corrected chi connectivity index (χ3v) is 3.40. The fourth-order valence-electron chi connectivity index (χ4n) is 2.25. The van der Waals surface area contributed by atoms with Crippen LogP contribution in [0.4, 0.5) is 0 Å². The number of aromatic nitrogens is 4. The lowest BCUT2D eigenvalue weighted by Crippen LogP contribution is -2.19. The van der Waals surface area contributed by atoms with Gasteiger partial charge in [-0.2, -0.15) is 10.1 Å². The highest BCUT2D eigenvalue weighted by Gasteiger charge is 2.14. The van der Waals surface area contributed by atoms with Crippen molar-refractivity contribution in [2.24, 2.45) is 5.10 Å². The van der Waals surface area contributed by atoms with Crippen LogP contribution < -0.4 is 10.2 Å². The minimum Gasteiger partial charge on any atom is -0.504 e. The molecule has 25 heavy (non-hydrogen) atoms. The second-order valence-corrected chi connectivity index (χ2v) is 5.32. The lowest BCUT2D eigenvalue weighted by atomic mass is 10.2. The molecule has 0 radical (unpaired) electrons. The number of methoxy groups -OCH3 is 1. The number of aromatic hydroxyl groups is 1. The van der Waals surface area contributed by atoms with E-state index in [1.54, 1.807) is 12.1 Å². The van der Waals surface area contributed by atoms with Crippen molar-refractivity contribution in [1.82, 2.24) is 25.0 Å². The number of nitrogens with one attached hydrogen (secondary N) is 1. The van der Waals surface area contributed by atoms with Crippen molar-refractivity contribution in [1.29, 1.82) is 0 Å². The molecule has 2 aromatic heterocycles. The van der Waals surface area contributed by atoms with Gasteiger partial charge >= 0.3 is 5.91 Å². The number of ether oxygens (including phenoxy) is 1. The largest absolute Gasteiger partial charge is 0.504 e. The molecule has 1 amide bonds. The molecule has 128 valence electrons. The summed E-state index contributed by atoms with van der Waals surface area (Å²) in [6, 6.07) is 6.54. The number of carbonyl (C=O) groups is 1. The molecule has 0 aliphatic carbocycles. The van der Waals surface area contributed by atoms with Crippen LogP contribution >= 0.6 is 0 Å². The molecule has 3 aromatic rings. The number of nitrogens with zero attached hydrogens (tertiary/aromatic N) is 5. The van der Waals surface area contributed by atoms with E-state index in [1.165, 1.54) is 23.9 Å². The fraction of sp³-hybridized carbons (Fsp3) is 0.188. The van der Waals surface area contributed by atoms with Crippen molar-refractivity contribution < 1.29 is 14.6 Å². The van der Waals surface area contributed by atoms with Gasteiger partial charge < -0.3 is 9.84 Å². The van der Waals surface area contributed by atoms with Gasteiger partial charge in [0, 0.05) is 11.4 Å². The predicted octanol–water partition coefficient (Wildman–Crippen LogP) is 1.22. The number of hydrazone groups is 1. The molecule has 0 saturated heterocycles. The van der Waals surface area contributed by atoms with Gasteiger partial charge in [0.25, 0.3) is 5.78 Å². The van der Waals surface area contributed by atoms with Crippen LogP contribution in [-0.2, 0) is 0 Å². The van der Waals surface area contributed by atoms with Crippen LogP contribution in [0.1, 0.15) is 27.6 Å². The van der Waals surface area contributed by atoms with Crippen LogP contribution in [0.5, 0.6) is 11.5 Å². The van der Waals surface area contributed by atoms with Crippen molar-refractivity contribution in [2.45, 2.75) is 13.8 Å². The minimum absolute atomic E-state index is 0.0238. The van der Waals surface area contributed by atoms with E-state index in [2.05, 4.69) is 25.6 Å². The fourth-order valence-corrected chi connectivity index (χ4v) is 2.25. The molecule has 0 aliphatic heterocycles. The molecule has 0 unspecified atom stereocenters. The summed E-state index contributed by atoms with van der Waals surface area (Å²) in [4.78, 5) is 20.5. The van der Waals surface area contributed by atoms with Crippen LogP contribution in [-0.4, -0.2) is 43.9 Å². The number of aryl methyl sites for hydroxylation is 2. The van der Waals surface area contributed by atoms with Crippen molar-refractivity contribution >= 4 is 17.9 Å². The number of phenolic OH excluding ortho intramolecular Hbond substituents is 1. The molecule has 2 heterocycles. The maximum Gasteiger partial charge on any atom is 0.311 e. The number of fused-ring (bicyclic) bond motifs is 1. The monoisotopic (exact) mass is 340 g/mol. The number of carbonyl (C=O) groups excluding carboxylic acids is 1. The Balaban J connectivity index is 1.75. The first-order chi connectivity index (χ1) is 12.0. The van der Waals surface area contributed by atoms with Gasteiger partial charge in [-0.15, -0.1) is 5.10 Å². The Morgan fingerprint density at radius 3 is 2.88 bits per heavy atom. The molecule has 0 aliphatic rings. The van der Waals surface area contributed by atoms with Gasteiger partial charge in [0.15, 0.2) is 11.5 Å². The molecule has 0 spiro atoms. The zero-order chi connectivity index (χ0) is 18.0. The van der Waals surface area contributed by atoms with Crippen molar-refractivity contribution in [2.75, 3.05) is 7.11 Å². The van der Waals surface area contributed by atoms with Crippen LogP contribution in [0.15, 0.2) is 29.4 Å². The van der Waals surface area contributed by atoms with Gasteiger partial charge in [0.1, 0.15) is 0 Å². The average molecular weight is 340 g/mol. The lowest BCUT2D eigenvalue weighted by molar-refractivity contribution is 0.0945. The lowest BCUT2D eigenvalue weighted by Gasteiger charge is -2.03. The first-order valence-corrected chi connectivity index (χ1v) is 7.39. The van der Waals surface area contributed by atoms with Gasteiger partial charge in [0.05, 0.1) is 13.3 Å². The number of hydrogen-bond acceptors (Lipinski definition) is 7. The van der Waals surface area contributed by atoms with Crippen LogP contribution in [0.25, 0.3) is 5.78 Å². The van der Waals surface area contributed by atoms with E-state index in [0.717, 1.165) is 11.4 Å². The highest BCUT2D eigenvalue weighted by atomic mass is 16.5. The number of amides is 1. The number of hydrogen-bond donors (Lipinski definition) is 2. The zero-order valence-electron chi connectivity index (χ0n) is 13.9. The summed E-state index contributed by atoms with van der Waals surface area (Å²) in [5, 5.41) is 17.5. The quantitative estimate of drug-likeness (QED) is 0.545. The molecule has 0 bridgehead atoms. The van der Waals surface area contributed by atoms with Crippen LogP contribution in [0.2, 0.25) is 0 Å². The average Bonchev–Trinajstić information content (AvgIpc) is 3.00. The van der Waals surface area contributed by atoms with E-state index < -0.39 is 5.91 Å². The van der Waals surface area contributed by atoms with E-state index in [1.807, 2.05) is 19.9 Å². The van der Waals surface area contributed by atoms with Gasteiger partial charge in [0.2, 0.25) is 5.82 Å². The van der Waals surface area contributed by atoms with E-state index >= 15 is 0 Å². The molecule has 2 N–H and O–H groups in total. The van der Waals surface area contributed by atoms with Gasteiger partial charge in [-0.25, -0.2) is 14.9 Å². The zero-order valence-corrected chi connectivity index (χ0v) is 13.9. The third kappa shape index (κ3) is 3.39. The smallest absolute Gasteiger partial charge is 0.311 e. The second kappa shape index (κ2) is 6.56. The molecule has 0 fully saturated rings. The van der Waals surface area contributed by atoms with E-state index in [9.17, 15) is 9.90 Å². The summed E-state index contributed by atoms with van der Waals surface area (Å²) in [5.41, 5.74) is 4.62. The van der Waals surface area contributed by atoms with Crippen molar-refractivity contribution in [3.8, 4) is 11.5 Å². The maximum absolute atomic E-state index is 12.1. The Hall–Kier alpha value is -3.49. The molecular formula is C16H16N6O3. The Morgan fingerprint density at radius 1 is 1.32 bits per heavy atom. The summed E-state index contributed by atoms with van der Waals surface area (Å²) in [6.07, 6.45) is 1.42. The molecule has 9 nitrogen and oxygen atoms in total. The van der Waals surface area contributed by atoms with Crippen LogP contribution in [0, 0.1) is 13.8 Å². The summed E-state index contributed by atoms with van der Waals surface area (Å²) in [7, 11) is 1.45. The summed E-state index contributed by atoms with van der Waals surface area (Å²) in [5.74, 6) is 0.117. The molecule has 0 atom stereocenters. The molecular weight excluding hydrogens is 324 g/mol. The second-order valence-electron chi connectivity index (χ2n) is 5.32. The Morgan fingerprint density at radius 2 is 2.12 bits per heavy atom. The highest BCUT2D eigenvalue weighted by Crippen LogP contribution is 2.25. The maximum atomic E-state index is 12.1. The van der Waals surface area contributed by atoms with Crippen molar-refractivity contribution in [3.05, 3.63) is 47.0 Å². The summed E-state index contributed by atoms with van der Waals surface area (Å²) < 4.78 is 6.50. The van der Waals surface area contributed by atoms with Gasteiger partial charge in [-0.1, -0.05) is 0 Å². The molecule has 0 saturated carbocycles. The summed E-state index contributed by atoms with van der Waals surface area (Å²) >= 11 is 0. The third-order valence-electron chi connectivity index (χ3n) is 3.40. The van der Waals surface area contributed by atoms with Gasteiger partial charge in [-0.3, -0.25) is 4.79 Å².